The highest BCUT2D eigenvalue weighted by Gasteiger charge is 2.31. The van der Waals surface area contributed by atoms with Crippen molar-refractivity contribution in [2.75, 3.05) is 46.9 Å². The zero-order chi connectivity index (χ0) is 15.2. The average molecular weight is 297 g/mol. The molecule has 6 nitrogen and oxygen atoms in total. The number of nitrogens with zero attached hydrogens (tertiary/aromatic N) is 2. The Bertz CT molecular complexity index is 367. The molecule has 2 saturated heterocycles. The van der Waals surface area contributed by atoms with E-state index in [1.165, 1.54) is 20.0 Å². The number of rotatable bonds is 5. The molecule has 0 aromatic heterocycles. The smallest absolute Gasteiger partial charge is 0.308 e. The van der Waals surface area contributed by atoms with Crippen LogP contribution in [0.4, 0.5) is 0 Å². The Hall–Kier alpha value is -1.14. The lowest BCUT2D eigenvalue weighted by atomic mass is 9.97. The van der Waals surface area contributed by atoms with Gasteiger partial charge in [0.25, 0.3) is 0 Å². The molecule has 2 aliphatic heterocycles. The third-order valence-electron chi connectivity index (χ3n) is 4.66. The summed E-state index contributed by atoms with van der Waals surface area (Å²) in [5.74, 6) is 0.0138. The Kier molecular flexibility index (Phi) is 5.99. The van der Waals surface area contributed by atoms with Crippen molar-refractivity contribution in [3.8, 4) is 0 Å². The summed E-state index contributed by atoms with van der Waals surface area (Å²) >= 11 is 0. The summed E-state index contributed by atoms with van der Waals surface area (Å²) in [5.41, 5.74) is 0. The van der Waals surface area contributed by atoms with Gasteiger partial charge in [0.05, 0.1) is 19.6 Å². The Balaban J connectivity index is 1.78. The van der Waals surface area contributed by atoms with Crippen LogP contribution < -0.4 is 5.32 Å². The van der Waals surface area contributed by atoms with Crippen molar-refractivity contribution in [1.29, 1.82) is 0 Å². The second-order valence-electron chi connectivity index (χ2n) is 6.00. The number of ether oxygens (including phenoxy) is 1. The molecule has 0 spiro atoms. The fourth-order valence-electron chi connectivity index (χ4n) is 3.38. The van der Waals surface area contributed by atoms with Gasteiger partial charge >= 0.3 is 5.97 Å². The van der Waals surface area contributed by atoms with Gasteiger partial charge in [-0.15, -0.1) is 0 Å². The van der Waals surface area contributed by atoms with Crippen molar-refractivity contribution in [2.45, 2.75) is 31.7 Å². The highest BCUT2D eigenvalue weighted by atomic mass is 16.5. The van der Waals surface area contributed by atoms with E-state index in [4.69, 9.17) is 4.74 Å². The van der Waals surface area contributed by atoms with Crippen LogP contribution in [0.1, 0.15) is 25.7 Å². The van der Waals surface area contributed by atoms with Crippen molar-refractivity contribution in [1.82, 2.24) is 15.1 Å². The van der Waals surface area contributed by atoms with Crippen LogP contribution in [0.25, 0.3) is 0 Å². The van der Waals surface area contributed by atoms with Crippen molar-refractivity contribution in [3.05, 3.63) is 0 Å². The zero-order valence-electron chi connectivity index (χ0n) is 13.1. The number of carbonyl (C=O) groups excluding carboxylic acids is 2. The molecule has 0 aromatic rings. The maximum Gasteiger partial charge on any atom is 0.308 e. The van der Waals surface area contributed by atoms with E-state index >= 15 is 0 Å². The molecule has 1 amide bonds. The number of esters is 1. The van der Waals surface area contributed by atoms with Gasteiger partial charge in [-0.2, -0.15) is 0 Å². The van der Waals surface area contributed by atoms with E-state index in [9.17, 15) is 9.59 Å². The molecule has 120 valence electrons. The van der Waals surface area contributed by atoms with Crippen molar-refractivity contribution >= 4 is 11.9 Å². The molecule has 2 fully saturated rings. The molecule has 0 saturated carbocycles. The summed E-state index contributed by atoms with van der Waals surface area (Å²) < 4.78 is 4.78. The number of nitrogens with one attached hydrogen (secondary N) is 1. The van der Waals surface area contributed by atoms with Gasteiger partial charge in [-0.1, -0.05) is 0 Å². The summed E-state index contributed by atoms with van der Waals surface area (Å²) in [4.78, 5) is 28.1. The van der Waals surface area contributed by atoms with Gasteiger partial charge in [-0.25, -0.2) is 0 Å². The number of likely N-dealkylation sites (tertiary alicyclic amines) is 2. The molecule has 2 heterocycles. The number of methoxy groups -OCH3 is 1. The number of hydrogen-bond donors (Lipinski definition) is 1. The molecule has 1 N–H and O–H groups in total. The van der Waals surface area contributed by atoms with Crippen LogP contribution in [-0.2, 0) is 14.3 Å². The van der Waals surface area contributed by atoms with Crippen LogP contribution in [0.15, 0.2) is 0 Å². The molecule has 6 heteroatoms. The SMILES string of the molecule is CNCC1CCCN1CC(=O)N1CCC(C(=O)OC)CC1. The fraction of sp³-hybridized carbons (Fsp3) is 0.867. The second-order valence-corrected chi connectivity index (χ2v) is 6.00. The van der Waals surface area contributed by atoms with E-state index in [0.717, 1.165) is 25.9 Å². The first-order chi connectivity index (χ1) is 10.2. The van der Waals surface area contributed by atoms with Gasteiger partial charge in [-0.3, -0.25) is 14.5 Å². The summed E-state index contributed by atoms with van der Waals surface area (Å²) in [6, 6.07) is 0.478. The normalized spacial score (nSPS) is 24.3. The van der Waals surface area contributed by atoms with Gasteiger partial charge in [0.2, 0.25) is 5.91 Å². The first-order valence-electron chi connectivity index (χ1n) is 7.90. The Morgan fingerprint density at radius 1 is 1.19 bits per heavy atom. The predicted molar refractivity (Wildman–Crippen MR) is 79.8 cm³/mol. The highest BCUT2D eigenvalue weighted by molar-refractivity contribution is 5.79. The topological polar surface area (TPSA) is 61.9 Å². The minimum absolute atomic E-state index is 0.0390. The molecule has 21 heavy (non-hydrogen) atoms. The van der Waals surface area contributed by atoms with Gasteiger partial charge < -0.3 is 15.0 Å². The monoisotopic (exact) mass is 297 g/mol. The number of hydrogen-bond acceptors (Lipinski definition) is 5. The van der Waals surface area contributed by atoms with E-state index in [1.54, 1.807) is 0 Å². The number of piperidine rings is 1. The van der Waals surface area contributed by atoms with Crippen molar-refractivity contribution in [2.24, 2.45) is 5.92 Å². The maximum atomic E-state index is 12.4. The number of likely N-dealkylation sites (N-methyl/N-ethyl adjacent to an activating group) is 1. The molecule has 2 rings (SSSR count). The van der Waals surface area contributed by atoms with Crippen molar-refractivity contribution in [3.63, 3.8) is 0 Å². The van der Waals surface area contributed by atoms with Gasteiger partial charge in [0, 0.05) is 25.7 Å². The first-order valence-corrected chi connectivity index (χ1v) is 7.90. The van der Waals surface area contributed by atoms with E-state index in [2.05, 4.69) is 10.2 Å². The van der Waals surface area contributed by atoms with E-state index < -0.39 is 0 Å². The molecule has 1 unspecified atom stereocenters. The molecular weight excluding hydrogens is 270 g/mol. The van der Waals surface area contributed by atoms with Gasteiger partial charge in [0.1, 0.15) is 0 Å². The minimum Gasteiger partial charge on any atom is -0.469 e. The summed E-state index contributed by atoms with van der Waals surface area (Å²) in [7, 11) is 3.38. The molecule has 0 bridgehead atoms. The van der Waals surface area contributed by atoms with Gasteiger partial charge in [-0.05, 0) is 39.3 Å². The third kappa shape index (κ3) is 4.17. The Morgan fingerprint density at radius 3 is 2.52 bits per heavy atom. The molecular formula is C15H27N3O3. The van der Waals surface area contributed by atoms with E-state index in [1.807, 2.05) is 11.9 Å². The number of amides is 1. The predicted octanol–water partition coefficient (Wildman–Crippen LogP) is 0.0818. The second kappa shape index (κ2) is 7.75. The van der Waals surface area contributed by atoms with Crippen LogP contribution >= 0.6 is 0 Å². The first kappa shape index (κ1) is 16.2. The molecule has 1 atom stereocenters. The molecule has 0 aliphatic carbocycles. The molecule has 2 aliphatic rings. The standard InChI is InChI=1S/C15H27N3O3/c1-16-10-13-4-3-7-18(13)11-14(19)17-8-5-12(6-9-17)15(20)21-2/h12-13,16H,3-11H2,1-2H3. The van der Waals surface area contributed by atoms with Crippen LogP contribution in [0.3, 0.4) is 0 Å². The lowest BCUT2D eigenvalue weighted by molar-refractivity contribution is -0.149. The van der Waals surface area contributed by atoms with Crippen LogP contribution in [0.5, 0.6) is 0 Å². The van der Waals surface area contributed by atoms with Crippen LogP contribution in [-0.4, -0.2) is 74.6 Å². The van der Waals surface area contributed by atoms with Crippen molar-refractivity contribution < 1.29 is 14.3 Å². The maximum absolute atomic E-state index is 12.4. The Morgan fingerprint density at radius 2 is 1.90 bits per heavy atom. The quantitative estimate of drug-likeness (QED) is 0.728. The summed E-state index contributed by atoms with van der Waals surface area (Å²) in [6.07, 6.45) is 3.78. The molecule has 0 aromatic carbocycles. The number of carbonyl (C=O) groups is 2. The lowest BCUT2D eigenvalue weighted by Gasteiger charge is -2.33. The Labute approximate surface area is 126 Å². The lowest BCUT2D eigenvalue weighted by Crippen LogP contribution is -2.47. The van der Waals surface area contributed by atoms with Gasteiger partial charge in [0.15, 0.2) is 0 Å². The minimum atomic E-state index is -0.143. The summed E-state index contributed by atoms with van der Waals surface area (Å²) in [6.45, 7) is 3.80. The third-order valence-corrected chi connectivity index (χ3v) is 4.66. The van der Waals surface area contributed by atoms with Crippen LogP contribution in [0, 0.1) is 5.92 Å². The van der Waals surface area contributed by atoms with E-state index in [0.29, 0.717) is 25.7 Å². The largest absolute Gasteiger partial charge is 0.469 e. The fourth-order valence-corrected chi connectivity index (χ4v) is 3.38. The molecule has 0 radical (unpaired) electrons. The van der Waals surface area contributed by atoms with E-state index in [-0.39, 0.29) is 17.8 Å². The average Bonchev–Trinajstić information content (AvgIpc) is 2.94. The highest BCUT2D eigenvalue weighted by Crippen LogP contribution is 2.20. The zero-order valence-corrected chi connectivity index (χ0v) is 13.1. The summed E-state index contributed by atoms with van der Waals surface area (Å²) in [5, 5.41) is 3.20. The van der Waals surface area contributed by atoms with Crippen LogP contribution in [0.2, 0.25) is 0 Å².